The second kappa shape index (κ2) is 9.22. The summed E-state index contributed by atoms with van der Waals surface area (Å²) in [7, 11) is 0. The van der Waals surface area contributed by atoms with Gasteiger partial charge in [-0.3, -0.25) is 0 Å². The molecule has 2 rings (SSSR count). The molecule has 1 aliphatic rings. The number of rotatable bonds is 6. The molecule has 0 unspecified atom stereocenters. The highest BCUT2D eigenvalue weighted by Gasteiger charge is 2.31. The molecule has 0 bridgehead atoms. The van der Waals surface area contributed by atoms with Gasteiger partial charge in [-0.2, -0.15) is 0 Å². The SMILES string of the molecule is CC1(/C=C/CCOCc2ccccc2)CCN(C(=O)OC(C)(C)C)CC1. The van der Waals surface area contributed by atoms with Crippen molar-refractivity contribution in [1.82, 2.24) is 4.90 Å². The van der Waals surface area contributed by atoms with Gasteiger partial charge in [0.25, 0.3) is 0 Å². The molecule has 1 fully saturated rings. The van der Waals surface area contributed by atoms with Crippen molar-refractivity contribution in [1.29, 1.82) is 0 Å². The van der Waals surface area contributed by atoms with Crippen LogP contribution < -0.4 is 0 Å². The highest BCUT2D eigenvalue weighted by atomic mass is 16.6. The minimum absolute atomic E-state index is 0.151. The summed E-state index contributed by atoms with van der Waals surface area (Å²) in [5.41, 5.74) is 0.924. The van der Waals surface area contributed by atoms with Gasteiger partial charge in [-0.05, 0) is 51.0 Å². The standard InChI is InChI=1S/C22H33NO3/c1-21(2,3)26-20(24)23-15-13-22(4,14-16-23)12-8-9-17-25-18-19-10-6-5-7-11-19/h5-8,10-12H,9,13-18H2,1-4H3/b12-8+. The summed E-state index contributed by atoms with van der Waals surface area (Å²) in [6.07, 6.45) is 7.16. The number of benzene rings is 1. The van der Waals surface area contributed by atoms with Crippen LogP contribution in [0.5, 0.6) is 0 Å². The van der Waals surface area contributed by atoms with Crippen molar-refractivity contribution < 1.29 is 14.3 Å². The van der Waals surface area contributed by atoms with Gasteiger partial charge in [0, 0.05) is 13.1 Å². The first-order valence-corrected chi connectivity index (χ1v) is 9.55. The van der Waals surface area contributed by atoms with Gasteiger partial charge in [-0.25, -0.2) is 4.79 Å². The molecule has 1 aromatic rings. The highest BCUT2D eigenvalue weighted by Crippen LogP contribution is 2.33. The fourth-order valence-electron chi connectivity index (χ4n) is 2.98. The van der Waals surface area contributed by atoms with E-state index in [2.05, 4.69) is 31.2 Å². The summed E-state index contributed by atoms with van der Waals surface area (Å²) < 4.78 is 11.2. The number of hydrogen-bond donors (Lipinski definition) is 0. The number of allylic oxidation sites excluding steroid dienone is 1. The molecular formula is C22H33NO3. The lowest BCUT2D eigenvalue weighted by atomic mass is 9.80. The van der Waals surface area contributed by atoms with Crippen molar-refractivity contribution in [3.8, 4) is 0 Å². The molecule has 0 N–H and O–H groups in total. The predicted molar refractivity (Wildman–Crippen MR) is 105 cm³/mol. The third-order valence-corrected chi connectivity index (χ3v) is 4.62. The van der Waals surface area contributed by atoms with Crippen LogP contribution in [0.1, 0.15) is 52.5 Å². The highest BCUT2D eigenvalue weighted by molar-refractivity contribution is 5.68. The van der Waals surface area contributed by atoms with Crippen molar-refractivity contribution >= 4 is 6.09 Å². The Labute approximate surface area is 158 Å². The quantitative estimate of drug-likeness (QED) is 0.518. The Morgan fingerprint density at radius 1 is 1.19 bits per heavy atom. The molecule has 1 heterocycles. The molecule has 0 saturated carbocycles. The van der Waals surface area contributed by atoms with E-state index in [1.165, 1.54) is 5.56 Å². The van der Waals surface area contributed by atoms with Crippen LogP contribution in [-0.2, 0) is 16.1 Å². The van der Waals surface area contributed by atoms with Crippen LogP contribution in [-0.4, -0.2) is 36.3 Å². The maximum Gasteiger partial charge on any atom is 0.410 e. The maximum absolute atomic E-state index is 12.1. The largest absolute Gasteiger partial charge is 0.444 e. The van der Waals surface area contributed by atoms with Gasteiger partial charge in [-0.15, -0.1) is 0 Å². The Balaban J connectivity index is 1.66. The molecule has 144 valence electrons. The summed E-state index contributed by atoms with van der Waals surface area (Å²) in [5.74, 6) is 0. The van der Waals surface area contributed by atoms with Gasteiger partial charge >= 0.3 is 6.09 Å². The average Bonchev–Trinajstić information content (AvgIpc) is 2.58. The molecule has 0 atom stereocenters. The number of ether oxygens (including phenoxy) is 2. The lowest BCUT2D eigenvalue weighted by molar-refractivity contribution is 0.0155. The van der Waals surface area contributed by atoms with Crippen LogP contribution in [0.15, 0.2) is 42.5 Å². The summed E-state index contributed by atoms with van der Waals surface area (Å²) in [4.78, 5) is 14.0. The number of carbonyl (C=O) groups excluding carboxylic acids is 1. The topological polar surface area (TPSA) is 38.8 Å². The second-order valence-corrected chi connectivity index (χ2v) is 8.35. The van der Waals surface area contributed by atoms with Crippen molar-refractivity contribution in [2.75, 3.05) is 19.7 Å². The molecule has 0 radical (unpaired) electrons. The van der Waals surface area contributed by atoms with Gasteiger partial charge in [0.15, 0.2) is 0 Å². The number of nitrogens with zero attached hydrogens (tertiary/aromatic N) is 1. The van der Waals surface area contributed by atoms with E-state index in [1.54, 1.807) is 0 Å². The zero-order valence-electron chi connectivity index (χ0n) is 16.7. The van der Waals surface area contributed by atoms with Gasteiger partial charge in [0.1, 0.15) is 5.60 Å². The minimum Gasteiger partial charge on any atom is -0.444 e. The average molecular weight is 360 g/mol. The predicted octanol–water partition coefficient (Wildman–Crippen LogP) is 5.19. The van der Waals surface area contributed by atoms with Gasteiger partial charge < -0.3 is 14.4 Å². The van der Waals surface area contributed by atoms with E-state index in [0.717, 1.165) is 39.0 Å². The van der Waals surface area contributed by atoms with Crippen LogP contribution in [0.3, 0.4) is 0 Å². The van der Waals surface area contributed by atoms with Crippen LogP contribution >= 0.6 is 0 Å². The van der Waals surface area contributed by atoms with Crippen LogP contribution in [0.4, 0.5) is 4.79 Å². The molecule has 4 nitrogen and oxygen atoms in total. The molecule has 0 aromatic heterocycles. The molecule has 1 amide bonds. The zero-order valence-corrected chi connectivity index (χ0v) is 16.7. The Morgan fingerprint density at radius 3 is 2.46 bits per heavy atom. The van der Waals surface area contributed by atoms with Crippen molar-refractivity contribution in [2.24, 2.45) is 5.41 Å². The summed E-state index contributed by atoms with van der Waals surface area (Å²) in [5, 5.41) is 0. The number of piperidine rings is 1. The van der Waals surface area contributed by atoms with Gasteiger partial charge in [0.2, 0.25) is 0 Å². The lowest BCUT2D eigenvalue weighted by Crippen LogP contribution is -2.43. The Morgan fingerprint density at radius 2 is 1.85 bits per heavy atom. The molecule has 1 saturated heterocycles. The van der Waals surface area contributed by atoms with Crippen molar-refractivity contribution in [2.45, 2.75) is 59.2 Å². The molecule has 26 heavy (non-hydrogen) atoms. The van der Waals surface area contributed by atoms with Crippen molar-refractivity contribution in [3.05, 3.63) is 48.0 Å². The summed E-state index contributed by atoms with van der Waals surface area (Å²) in [6.45, 7) is 10.9. The Hall–Kier alpha value is -1.81. The van der Waals surface area contributed by atoms with E-state index >= 15 is 0 Å². The Kier molecular flexibility index (Phi) is 7.27. The fourth-order valence-corrected chi connectivity index (χ4v) is 2.98. The first kappa shape index (κ1) is 20.5. The normalized spacial score (nSPS) is 17.5. The van der Waals surface area contributed by atoms with E-state index < -0.39 is 5.60 Å². The molecule has 1 aromatic carbocycles. The molecule has 0 aliphatic carbocycles. The van der Waals surface area contributed by atoms with Crippen molar-refractivity contribution in [3.63, 3.8) is 0 Å². The third-order valence-electron chi connectivity index (χ3n) is 4.62. The molecular weight excluding hydrogens is 326 g/mol. The number of amides is 1. The first-order chi connectivity index (χ1) is 12.3. The maximum atomic E-state index is 12.1. The second-order valence-electron chi connectivity index (χ2n) is 8.35. The van der Waals surface area contributed by atoms with E-state index in [4.69, 9.17) is 9.47 Å². The molecule has 1 aliphatic heterocycles. The van der Waals surface area contributed by atoms with E-state index in [9.17, 15) is 4.79 Å². The van der Waals surface area contributed by atoms with E-state index in [0.29, 0.717) is 6.61 Å². The monoisotopic (exact) mass is 359 g/mol. The van der Waals surface area contributed by atoms with Gasteiger partial charge in [0.05, 0.1) is 13.2 Å². The number of carbonyl (C=O) groups is 1. The first-order valence-electron chi connectivity index (χ1n) is 9.55. The number of hydrogen-bond acceptors (Lipinski definition) is 3. The number of likely N-dealkylation sites (tertiary alicyclic amines) is 1. The Bertz CT molecular complexity index is 581. The fraction of sp³-hybridized carbons (Fsp3) is 0.591. The lowest BCUT2D eigenvalue weighted by Gasteiger charge is -2.38. The van der Waals surface area contributed by atoms with Gasteiger partial charge in [-0.1, -0.05) is 49.4 Å². The third kappa shape index (κ3) is 7.20. The van der Waals surface area contributed by atoms with Crippen LogP contribution in [0.25, 0.3) is 0 Å². The van der Waals surface area contributed by atoms with Crippen LogP contribution in [0, 0.1) is 5.41 Å². The van der Waals surface area contributed by atoms with E-state index in [1.807, 2.05) is 43.9 Å². The van der Waals surface area contributed by atoms with E-state index in [-0.39, 0.29) is 11.5 Å². The minimum atomic E-state index is -0.433. The summed E-state index contributed by atoms with van der Waals surface area (Å²) >= 11 is 0. The molecule has 4 heteroatoms. The summed E-state index contributed by atoms with van der Waals surface area (Å²) in [6, 6.07) is 10.2. The zero-order chi connectivity index (χ0) is 19.0. The molecule has 0 spiro atoms. The van der Waals surface area contributed by atoms with Crippen LogP contribution in [0.2, 0.25) is 0 Å². The smallest absolute Gasteiger partial charge is 0.410 e.